The average molecular weight is 2070 g/mol. The number of likely N-dealkylation sites (tertiary alicyclic amines) is 4. The smallest absolute Gasteiger partial charge is 0.413 e. The topological polar surface area (TPSA) is 429 Å². The Morgan fingerprint density at radius 2 is 0.552 bits per heavy atom. The third kappa shape index (κ3) is 31.6. The van der Waals surface area contributed by atoms with Crippen molar-refractivity contribution in [2.24, 2.45) is 23.7 Å². The second-order valence-corrected chi connectivity index (χ2v) is 40.7. The monoisotopic (exact) mass is 2070 g/mol. The standard InChI is InChI=1S/2C28H33N5O4S.2C23H25N5O2S.2CH4.H4P2.H3P/c2*1-17-6-11-22(19-7-9-20(10-8-19)25-29-12-13-38-25)33(16-17)26(35)24(34)31-21-14-18(2)23(30-15-21)32-27(36)37-28(3,4)5;2*1-14-3-8-19(16-4-6-17(7-5-16)22-25-9-10-31-22)28(13-14)23(30)21(29)27-18-11-15(2)20(24)26-12-18;;;1-2;/h2*7-10,12-15,17,22H,6,11,16H2,1-5H3,(H,31,34)(H,30,32,36);2*4-7,9-12,14,19H,3,8,13H2,1-2H3,(H2,24,26)(H,27,29);2*1H4;1-2H2;1H3/t2*17-,22+;2*14-,19+;;;;/m1010..../s1. The van der Waals surface area contributed by atoms with Gasteiger partial charge < -0.3 is 61.8 Å². The number of thiazole rings is 4. The third-order valence-corrected chi connectivity index (χ3v) is 26.9. The number of pyridine rings is 4. The highest BCUT2D eigenvalue weighted by atomic mass is 32.1. The number of benzene rings is 4. The van der Waals surface area contributed by atoms with Crippen LogP contribution in [0.4, 0.5) is 55.6 Å². The van der Waals surface area contributed by atoms with Crippen LogP contribution < -0.4 is 43.4 Å². The van der Waals surface area contributed by atoms with Crippen LogP contribution in [0, 0.1) is 51.4 Å². The molecule has 0 spiro atoms. The third-order valence-electron chi connectivity index (χ3n) is 23.7. The summed E-state index contributed by atoms with van der Waals surface area (Å²) >= 11 is 6.32. The minimum absolute atomic E-state index is 0. The number of piperidine rings is 4. The summed E-state index contributed by atoms with van der Waals surface area (Å²) in [7, 11) is 4.67. The van der Waals surface area contributed by atoms with Crippen LogP contribution >= 0.6 is 73.1 Å². The van der Waals surface area contributed by atoms with E-state index < -0.39 is 70.6 Å². The molecule has 32 nitrogen and oxygen atoms in total. The number of carbonyl (C=O) groups is 10. The fraction of sp³-hybridized carbons (Fsp3) is 0.365. The van der Waals surface area contributed by atoms with Crippen LogP contribution in [0.3, 0.4) is 0 Å². The molecule has 0 bridgehead atoms. The molecule has 4 fully saturated rings. The quantitative estimate of drug-likeness (QED) is 0.0370. The van der Waals surface area contributed by atoms with Gasteiger partial charge in [0, 0.05) is 94.7 Å². The zero-order chi connectivity index (χ0) is 101. The highest BCUT2D eigenvalue weighted by Crippen LogP contribution is 2.41. The molecule has 0 saturated carbocycles. The van der Waals surface area contributed by atoms with E-state index >= 15 is 0 Å². The van der Waals surface area contributed by atoms with Crippen molar-refractivity contribution in [2.75, 3.05) is 69.5 Å². The molecule has 10 amide bonds. The lowest BCUT2D eigenvalue weighted by Gasteiger charge is -2.38. The minimum Gasteiger partial charge on any atom is -0.444 e. The highest BCUT2D eigenvalue weighted by Gasteiger charge is 2.40. The Morgan fingerprint density at radius 1 is 0.336 bits per heavy atom. The number of hydrogen-bond donors (Lipinski definition) is 8. The predicted octanol–water partition coefficient (Wildman–Crippen LogP) is 21.6. The number of nitrogens with one attached hydrogen (secondary N) is 6. The number of ether oxygens (including phenoxy) is 2. The molecular formula is C104H131N20O12P3S4. The highest BCUT2D eigenvalue weighted by molar-refractivity contribution is 7.92. The van der Waals surface area contributed by atoms with Gasteiger partial charge in [-0.05, 0) is 213 Å². The molecule has 16 rings (SSSR count). The molecule has 143 heavy (non-hydrogen) atoms. The number of aromatic nitrogens is 8. The van der Waals surface area contributed by atoms with Crippen LogP contribution in [0.5, 0.6) is 0 Å². The van der Waals surface area contributed by atoms with Crippen molar-refractivity contribution in [1.82, 2.24) is 59.5 Å². The predicted molar refractivity (Wildman–Crippen MR) is 585 cm³/mol. The molecule has 4 aliphatic heterocycles. The molecule has 11 atom stereocenters. The number of carbonyl (C=O) groups excluding carboxylic acids is 10. The molecule has 10 N–H and O–H groups in total. The number of nitrogens with two attached hydrogens (primary N) is 2. The van der Waals surface area contributed by atoms with E-state index in [1.165, 1.54) is 24.8 Å². The van der Waals surface area contributed by atoms with Gasteiger partial charge in [-0.3, -0.25) is 49.0 Å². The van der Waals surface area contributed by atoms with E-state index in [0.29, 0.717) is 107 Å². The molecule has 758 valence electrons. The SMILES string of the molecule is C.C.Cc1cc(NC(=O)C(=O)N2C[C@@H](C)CC[C@@H]2c2ccc(-c3nccs3)cc2)cnc1N.Cc1cc(NC(=O)C(=O)N2C[C@@H](C)CC[C@@H]2c2ccc(-c3nccs3)cc2)cnc1NC(=O)OC(C)(C)C.Cc1cc(NC(=O)C(=O)N2C[C@H](C)CC[C@H]2c2ccc(-c3nccs3)cc2)cnc1N.Cc1cc(NC(=O)C(=O)N2C[C@H](C)CC[C@H]2c2ccc(-c3nccs3)cc2)cnc1NC(=O)OC(C)(C)C.P.PP. The van der Waals surface area contributed by atoms with Gasteiger partial charge in [-0.15, -0.1) is 63.2 Å². The molecule has 12 heterocycles. The van der Waals surface area contributed by atoms with Gasteiger partial charge in [-0.1, -0.05) is 140 Å². The van der Waals surface area contributed by atoms with Crippen molar-refractivity contribution < 1.29 is 57.4 Å². The number of amides is 10. The van der Waals surface area contributed by atoms with Gasteiger partial charge in [0.25, 0.3) is 0 Å². The van der Waals surface area contributed by atoms with Crippen LogP contribution in [-0.2, 0) is 47.8 Å². The van der Waals surface area contributed by atoms with Crippen molar-refractivity contribution in [1.29, 1.82) is 0 Å². The van der Waals surface area contributed by atoms with Gasteiger partial charge in [0.1, 0.15) is 54.5 Å². The number of nitrogen functional groups attached to an aromatic ring is 2. The summed E-state index contributed by atoms with van der Waals surface area (Å²) < 4.78 is 10.5. The van der Waals surface area contributed by atoms with Crippen molar-refractivity contribution in [3.63, 3.8) is 0 Å². The van der Waals surface area contributed by atoms with Crippen LogP contribution in [0.1, 0.15) is 204 Å². The molecule has 4 aliphatic rings. The second-order valence-electron chi connectivity index (χ2n) is 37.2. The first kappa shape index (κ1) is 114. The maximum absolute atomic E-state index is 13.3. The molecule has 12 aromatic rings. The lowest BCUT2D eigenvalue weighted by molar-refractivity contribution is -0.146. The summed E-state index contributed by atoms with van der Waals surface area (Å²) in [5.74, 6) is -2.33. The van der Waals surface area contributed by atoms with Crippen LogP contribution in [-0.4, -0.2) is 156 Å². The molecule has 0 aliphatic carbocycles. The van der Waals surface area contributed by atoms with Gasteiger partial charge in [0.15, 0.2) is 0 Å². The Kier molecular flexibility index (Phi) is 41.7. The van der Waals surface area contributed by atoms with Gasteiger partial charge in [0.2, 0.25) is 0 Å². The van der Waals surface area contributed by atoms with Crippen LogP contribution in [0.25, 0.3) is 42.3 Å². The first-order chi connectivity index (χ1) is 66.8. The summed E-state index contributed by atoms with van der Waals surface area (Å²) in [5.41, 5.74) is 22.7. The van der Waals surface area contributed by atoms with E-state index in [2.05, 4.69) is 117 Å². The minimum atomic E-state index is -0.724. The number of hydrogen-bond acceptors (Lipinski definition) is 26. The first-order valence-electron chi connectivity index (χ1n) is 46.0. The van der Waals surface area contributed by atoms with Crippen molar-refractivity contribution in [3.05, 3.63) is 237 Å². The van der Waals surface area contributed by atoms with Gasteiger partial charge >= 0.3 is 59.4 Å². The average Bonchev–Trinajstić information content (AvgIpc) is 1.58. The van der Waals surface area contributed by atoms with Crippen molar-refractivity contribution in [3.8, 4) is 42.3 Å². The summed E-state index contributed by atoms with van der Waals surface area (Å²) in [4.78, 5) is 169. The Hall–Kier alpha value is -12.8. The summed E-state index contributed by atoms with van der Waals surface area (Å²) in [5, 5.41) is 27.4. The molecule has 8 aromatic heterocycles. The van der Waals surface area contributed by atoms with E-state index in [-0.39, 0.29) is 48.9 Å². The molecular weight excluding hydrogens is 1940 g/mol. The summed E-state index contributed by atoms with van der Waals surface area (Å²) in [6.45, 7) is 28.2. The largest absolute Gasteiger partial charge is 0.444 e. The fourth-order valence-corrected chi connectivity index (χ4v) is 19.2. The van der Waals surface area contributed by atoms with E-state index in [0.717, 1.165) is 127 Å². The van der Waals surface area contributed by atoms with Gasteiger partial charge in [0.05, 0.1) is 71.7 Å². The fourth-order valence-electron chi connectivity index (χ4n) is 16.7. The van der Waals surface area contributed by atoms with Crippen molar-refractivity contribution in [2.45, 2.75) is 199 Å². The van der Waals surface area contributed by atoms with Crippen molar-refractivity contribution >= 4 is 179 Å². The van der Waals surface area contributed by atoms with Gasteiger partial charge in [-0.25, -0.2) is 49.5 Å². The first-order valence-corrected chi connectivity index (χ1v) is 52.2. The lowest BCUT2D eigenvalue weighted by Crippen LogP contribution is -2.46. The molecule has 4 saturated heterocycles. The Labute approximate surface area is 860 Å². The number of anilines is 8. The lowest BCUT2D eigenvalue weighted by atomic mass is 9.89. The maximum atomic E-state index is 13.3. The van der Waals surface area contributed by atoms with Gasteiger partial charge in [-0.2, -0.15) is 9.90 Å². The van der Waals surface area contributed by atoms with E-state index in [4.69, 9.17) is 20.9 Å². The zero-order valence-electron chi connectivity index (χ0n) is 81.5. The normalized spacial score (nSPS) is 17.4. The zero-order valence-corrected chi connectivity index (χ0v) is 88.5. The number of nitrogens with zero attached hydrogens (tertiary/aromatic N) is 12. The van der Waals surface area contributed by atoms with E-state index in [1.54, 1.807) is 183 Å². The van der Waals surface area contributed by atoms with E-state index in [1.807, 2.05) is 119 Å². The molecule has 3 unspecified atom stereocenters. The summed E-state index contributed by atoms with van der Waals surface area (Å²) in [6.07, 6.45) is 18.8. The Morgan fingerprint density at radius 3 is 0.748 bits per heavy atom. The second kappa shape index (κ2) is 52.4. The van der Waals surface area contributed by atoms with Crippen LogP contribution in [0.2, 0.25) is 0 Å². The Bertz CT molecular complexity index is 5920. The maximum Gasteiger partial charge on any atom is 0.413 e. The Balaban J connectivity index is 0.000000211. The molecule has 39 heteroatoms. The molecule has 0 radical (unpaired) electrons. The number of aryl methyl sites for hydroxylation is 4. The number of rotatable bonds is 14. The molecule has 4 aromatic carbocycles. The van der Waals surface area contributed by atoms with E-state index in [9.17, 15) is 47.9 Å². The van der Waals surface area contributed by atoms with Crippen LogP contribution in [0.15, 0.2) is 192 Å². The summed E-state index contributed by atoms with van der Waals surface area (Å²) in [6, 6.07) is 38.4.